The Balaban J connectivity index is 1.69. The van der Waals surface area contributed by atoms with Gasteiger partial charge in [0, 0.05) is 45.5 Å². The Hall–Kier alpha value is -4.27. The van der Waals surface area contributed by atoms with E-state index in [4.69, 9.17) is 14.5 Å². The Morgan fingerprint density at radius 2 is 1.96 bits per heavy atom. The molecule has 2 unspecified atom stereocenters. The van der Waals surface area contributed by atoms with Gasteiger partial charge in [-0.15, -0.1) is 0 Å². The van der Waals surface area contributed by atoms with E-state index in [0.29, 0.717) is 24.3 Å². The number of aromatic nitrogens is 2. The first-order valence-electron chi connectivity index (χ1n) is 15.1. The van der Waals surface area contributed by atoms with Crippen LogP contribution in [0.25, 0.3) is 32.9 Å². The molecule has 45 heavy (non-hydrogen) atoms. The first-order chi connectivity index (χ1) is 21.5. The number of ether oxygens (including phenoxy) is 2. The largest absolute Gasteiger partial charge is 0.493 e. The van der Waals surface area contributed by atoms with Crippen LogP contribution in [-0.4, -0.2) is 44.5 Å². The van der Waals surface area contributed by atoms with Crippen molar-refractivity contribution in [1.29, 1.82) is 0 Å². The van der Waals surface area contributed by atoms with Gasteiger partial charge in [-0.25, -0.2) is 4.79 Å². The van der Waals surface area contributed by atoms with Crippen LogP contribution in [0.1, 0.15) is 56.1 Å². The molecule has 0 fully saturated rings. The zero-order chi connectivity index (χ0) is 32.0. The van der Waals surface area contributed by atoms with Crippen LogP contribution in [0.4, 0.5) is 0 Å². The molecule has 0 bridgehead atoms. The van der Waals surface area contributed by atoms with Crippen molar-refractivity contribution in [1.82, 2.24) is 9.55 Å². The summed E-state index contributed by atoms with van der Waals surface area (Å²) in [7, 11) is -0.00755. The molecule has 1 aliphatic heterocycles. The van der Waals surface area contributed by atoms with Crippen LogP contribution in [0.5, 0.6) is 5.75 Å². The summed E-state index contributed by atoms with van der Waals surface area (Å²) >= 11 is 0. The number of rotatable bonds is 7. The zero-order valence-corrected chi connectivity index (χ0v) is 27.3. The van der Waals surface area contributed by atoms with E-state index >= 15 is 0 Å². The first-order valence-corrected chi connectivity index (χ1v) is 16.8. The second-order valence-electron chi connectivity index (χ2n) is 12.5. The van der Waals surface area contributed by atoms with Gasteiger partial charge in [0.25, 0.3) is 5.56 Å². The second-order valence-corrected chi connectivity index (χ2v) is 14.5. The van der Waals surface area contributed by atoms with Crippen molar-refractivity contribution in [3.8, 4) is 16.9 Å². The van der Waals surface area contributed by atoms with Crippen molar-refractivity contribution in [3.05, 3.63) is 99.5 Å². The summed E-state index contributed by atoms with van der Waals surface area (Å²) in [6.45, 7) is 10.5. The summed E-state index contributed by atoms with van der Waals surface area (Å²) < 4.78 is 14.0. The highest BCUT2D eigenvalue weighted by atomic mass is 32.2. The molecule has 2 aromatic heterocycles. The van der Waals surface area contributed by atoms with E-state index in [-0.39, 0.29) is 16.0 Å². The van der Waals surface area contributed by atoms with Crippen LogP contribution < -0.4 is 10.3 Å². The van der Waals surface area contributed by atoms with E-state index in [1.54, 1.807) is 22.9 Å². The number of carboxylic acids is 1. The van der Waals surface area contributed by atoms with Gasteiger partial charge in [0.05, 0.1) is 29.8 Å². The lowest BCUT2D eigenvalue weighted by atomic mass is 9.86. The Morgan fingerprint density at radius 1 is 1.16 bits per heavy atom. The molecule has 232 valence electrons. The quantitative estimate of drug-likeness (QED) is 0.189. The molecule has 8 heteroatoms. The molecule has 3 heterocycles. The van der Waals surface area contributed by atoms with Gasteiger partial charge in [-0.2, -0.15) is 10.5 Å². The van der Waals surface area contributed by atoms with Gasteiger partial charge in [0.1, 0.15) is 5.75 Å². The van der Waals surface area contributed by atoms with Crippen LogP contribution in [0.3, 0.4) is 0 Å². The minimum atomic E-state index is -1.25. The third-order valence-corrected chi connectivity index (χ3v) is 10.0. The predicted octanol–water partition coefficient (Wildman–Crippen LogP) is 7.53. The smallest absolute Gasteiger partial charge is 0.337 e. The van der Waals surface area contributed by atoms with Gasteiger partial charge in [-0.3, -0.25) is 9.78 Å². The lowest BCUT2D eigenvalue weighted by molar-refractivity contribution is -0.160. The Bertz CT molecular complexity index is 2060. The fourth-order valence-corrected chi connectivity index (χ4v) is 7.13. The number of fused-ring (bicyclic) bond motifs is 1. The molecular formula is C37H38N2O5S. The van der Waals surface area contributed by atoms with Gasteiger partial charge in [0.15, 0.2) is 6.10 Å². The maximum atomic E-state index is 13.5. The third kappa shape index (κ3) is 5.80. The van der Waals surface area contributed by atoms with E-state index in [2.05, 4.69) is 30.7 Å². The van der Waals surface area contributed by atoms with Gasteiger partial charge in [-0.05, 0) is 106 Å². The molecule has 2 atom stereocenters. The average molecular weight is 623 g/mol. The molecule has 1 N–H and O–H groups in total. The molecule has 0 saturated heterocycles. The van der Waals surface area contributed by atoms with E-state index in [9.17, 15) is 14.7 Å². The van der Waals surface area contributed by atoms with Crippen LogP contribution in [0.15, 0.2) is 76.6 Å². The van der Waals surface area contributed by atoms with Crippen LogP contribution in [0, 0.1) is 6.92 Å². The molecule has 3 aromatic carbocycles. The number of carbonyl (C=O) groups is 1. The first kappa shape index (κ1) is 30.7. The topological polar surface area (TPSA) is 90.7 Å². The fourth-order valence-electron chi connectivity index (χ4n) is 6.23. The van der Waals surface area contributed by atoms with Crippen LogP contribution in [-0.2, 0) is 22.5 Å². The summed E-state index contributed by atoms with van der Waals surface area (Å²) in [5.41, 5.74) is 5.48. The molecule has 1 aliphatic rings. The van der Waals surface area contributed by atoms with Gasteiger partial charge in [0.2, 0.25) is 0 Å². The van der Waals surface area contributed by atoms with Gasteiger partial charge in [-0.1, -0.05) is 17.5 Å². The van der Waals surface area contributed by atoms with E-state index in [1.807, 2.05) is 64.1 Å². The monoisotopic (exact) mass is 622 g/mol. The standard InChI is InChI=1S/C37H38N2O5S/c1-7-45(6)25-10-8-9-23(20-25)21-39-28-19-22(2)31(35(36(41)42)44-37(3,4)5)33(26(28)12-14-30(39)40)27-11-13-29-32-24(16-18-43-29)15-17-38-34(27)32/h7-15,17,19-20,35H,16,18,21H2,1-6H3,(H,41,42). The third-order valence-electron chi connectivity index (χ3n) is 8.30. The summed E-state index contributed by atoms with van der Waals surface area (Å²) in [4.78, 5) is 32.5. The second kappa shape index (κ2) is 11.9. The number of carboxylic acid groups (broad SMARTS) is 1. The van der Waals surface area contributed by atoms with Crippen molar-refractivity contribution >= 4 is 43.6 Å². The predicted molar refractivity (Wildman–Crippen MR) is 183 cm³/mol. The number of aryl methyl sites for hydroxylation is 1. The number of nitrogens with zero attached hydrogens (tertiary/aromatic N) is 2. The lowest BCUT2D eigenvalue weighted by Gasteiger charge is -2.29. The molecule has 0 aliphatic carbocycles. The zero-order valence-electron chi connectivity index (χ0n) is 26.5. The Morgan fingerprint density at radius 3 is 2.69 bits per heavy atom. The van der Waals surface area contributed by atoms with E-state index in [1.165, 1.54) is 4.90 Å². The van der Waals surface area contributed by atoms with Crippen LogP contribution in [0.2, 0.25) is 0 Å². The normalized spacial score (nSPS) is 14.4. The Labute approximate surface area is 265 Å². The van der Waals surface area contributed by atoms with Crippen molar-refractivity contribution in [3.63, 3.8) is 0 Å². The fraction of sp³-hybridized carbons (Fsp3) is 0.297. The van der Waals surface area contributed by atoms with Crippen LogP contribution >= 0.6 is 10.5 Å². The SMILES string of the molecule is CC=S(C)c1cccc(Cn2c(=O)ccc3c(-c4ccc5c6c(ccnc46)CCO5)c(C(OC(C)(C)C)C(=O)O)c(C)cc32)c1. The number of benzene rings is 3. The summed E-state index contributed by atoms with van der Waals surface area (Å²) in [6.07, 6.45) is 3.48. The summed E-state index contributed by atoms with van der Waals surface area (Å²) in [5, 5.41) is 14.4. The highest BCUT2D eigenvalue weighted by molar-refractivity contribution is 8.14. The van der Waals surface area contributed by atoms with E-state index < -0.39 is 17.7 Å². The number of hydrogen-bond donors (Lipinski definition) is 1. The van der Waals surface area contributed by atoms with Crippen molar-refractivity contribution < 1.29 is 19.4 Å². The summed E-state index contributed by atoms with van der Waals surface area (Å²) in [5.74, 6) is -0.321. The molecule has 5 aromatic rings. The van der Waals surface area contributed by atoms with Crippen molar-refractivity contribution in [2.75, 3.05) is 12.9 Å². The highest BCUT2D eigenvalue weighted by Gasteiger charge is 2.33. The van der Waals surface area contributed by atoms with Gasteiger partial charge >= 0.3 is 5.97 Å². The molecule has 7 nitrogen and oxygen atoms in total. The highest BCUT2D eigenvalue weighted by Crippen LogP contribution is 2.45. The summed E-state index contributed by atoms with van der Waals surface area (Å²) in [6, 6.07) is 19.6. The minimum Gasteiger partial charge on any atom is -0.493 e. The molecule has 0 saturated carbocycles. The number of aliphatic carboxylic acids is 1. The minimum absolute atomic E-state index is 0.00755. The molecule has 0 amide bonds. The van der Waals surface area contributed by atoms with Crippen molar-refractivity contribution in [2.45, 2.75) is 64.2 Å². The van der Waals surface area contributed by atoms with Crippen molar-refractivity contribution in [2.24, 2.45) is 0 Å². The van der Waals surface area contributed by atoms with E-state index in [0.717, 1.165) is 56.2 Å². The maximum Gasteiger partial charge on any atom is 0.337 e. The molecule has 0 radical (unpaired) electrons. The molecule has 6 rings (SSSR count). The maximum absolute atomic E-state index is 13.5. The van der Waals surface area contributed by atoms with Gasteiger partial charge < -0.3 is 19.1 Å². The number of pyridine rings is 2. The molecule has 0 spiro atoms. The molecular weight excluding hydrogens is 584 g/mol. The lowest BCUT2D eigenvalue weighted by Crippen LogP contribution is -2.28. The average Bonchev–Trinajstić information content (AvgIpc) is 3.01. The number of hydrogen-bond acceptors (Lipinski definition) is 5. The Kier molecular flexibility index (Phi) is 8.14.